The number of aryl methyl sites for hydroxylation is 2. The molecule has 6 heteroatoms. The number of benzene rings is 2. The largest absolute Gasteiger partial charge is 0.481 e. The van der Waals surface area contributed by atoms with Crippen molar-refractivity contribution in [1.82, 2.24) is 10.3 Å². The molecule has 1 amide bonds. The molecule has 1 heterocycles. The van der Waals surface area contributed by atoms with Crippen molar-refractivity contribution in [3.05, 3.63) is 65.4 Å². The van der Waals surface area contributed by atoms with Gasteiger partial charge in [0.2, 0.25) is 5.76 Å². The van der Waals surface area contributed by atoms with Gasteiger partial charge in [-0.05, 0) is 29.7 Å². The number of fused-ring (bicyclic) bond motifs is 1. The Hall–Kier alpha value is -3.15. The molecule has 3 rings (SSSR count). The molecule has 3 aromatic rings. The van der Waals surface area contributed by atoms with Gasteiger partial charge in [-0.3, -0.25) is 9.59 Å². The second kappa shape index (κ2) is 7.39. The van der Waals surface area contributed by atoms with Crippen molar-refractivity contribution >= 4 is 22.6 Å². The van der Waals surface area contributed by atoms with Gasteiger partial charge in [0.1, 0.15) is 0 Å². The van der Waals surface area contributed by atoms with Crippen molar-refractivity contribution in [3.8, 4) is 0 Å². The first-order valence-corrected chi connectivity index (χ1v) is 8.36. The molecule has 1 aromatic heterocycles. The molecule has 0 saturated carbocycles. The maximum atomic E-state index is 12.2. The van der Waals surface area contributed by atoms with E-state index in [1.165, 1.54) is 0 Å². The first-order chi connectivity index (χ1) is 12.4. The third kappa shape index (κ3) is 3.91. The van der Waals surface area contributed by atoms with Gasteiger partial charge in [-0.15, -0.1) is 0 Å². The van der Waals surface area contributed by atoms with Gasteiger partial charge >= 0.3 is 5.97 Å². The lowest BCUT2D eigenvalue weighted by Gasteiger charge is -2.13. The highest BCUT2D eigenvalue weighted by molar-refractivity contribution is 5.92. The van der Waals surface area contributed by atoms with Crippen LogP contribution in [0.3, 0.4) is 0 Å². The second-order valence-corrected chi connectivity index (χ2v) is 6.28. The van der Waals surface area contributed by atoms with Crippen LogP contribution < -0.4 is 5.32 Å². The Morgan fingerprint density at radius 2 is 1.88 bits per heavy atom. The molecule has 0 saturated heterocycles. The standard InChI is InChI=1S/C20H20N2O4/c1-12-18(26-13(2)22-12)19(23)21-11-17(20(24)25)10-14-7-8-15-5-3-4-6-16(15)9-14/h3-9,17H,10-11H2,1-2H3,(H,21,23)(H,24,25). The van der Waals surface area contributed by atoms with Gasteiger partial charge in [-0.1, -0.05) is 42.5 Å². The Bertz CT molecular complexity index is 961. The highest BCUT2D eigenvalue weighted by atomic mass is 16.4. The topological polar surface area (TPSA) is 92.4 Å². The Morgan fingerprint density at radius 1 is 1.15 bits per heavy atom. The van der Waals surface area contributed by atoms with Crippen LogP contribution >= 0.6 is 0 Å². The summed E-state index contributed by atoms with van der Waals surface area (Å²) in [4.78, 5) is 27.8. The van der Waals surface area contributed by atoms with Crippen LogP contribution in [-0.2, 0) is 11.2 Å². The monoisotopic (exact) mass is 352 g/mol. The van der Waals surface area contributed by atoms with E-state index in [0.717, 1.165) is 16.3 Å². The number of nitrogens with one attached hydrogen (secondary N) is 1. The summed E-state index contributed by atoms with van der Waals surface area (Å²) in [5, 5.41) is 14.3. The molecule has 0 aliphatic carbocycles. The van der Waals surface area contributed by atoms with Gasteiger partial charge in [0, 0.05) is 13.5 Å². The van der Waals surface area contributed by atoms with Gasteiger partial charge in [-0.25, -0.2) is 4.98 Å². The predicted molar refractivity (Wildman–Crippen MR) is 97.1 cm³/mol. The molecule has 26 heavy (non-hydrogen) atoms. The Kier molecular flexibility index (Phi) is 5.02. The zero-order valence-electron chi connectivity index (χ0n) is 14.7. The van der Waals surface area contributed by atoms with Crippen LogP contribution in [0.2, 0.25) is 0 Å². The lowest BCUT2D eigenvalue weighted by Crippen LogP contribution is -2.34. The fraction of sp³-hybridized carbons (Fsp3) is 0.250. The van der Waals surface area contributed by atoms with Gasteiger partial charge in [0.05, 0.1) is 11.6 Å². The molecule has 0 fully saturated rings. The van der Waals surface area contributed by atoms with Crippen molar-refractivity contribution < 1.29 is 19.1 Å². The minimum Gasteiger partial charge on any atom is -0.481 e. The zero-order valence-corrected chi connectivity index (χ0v) is 14.7. The van der Waals surface area contributed by atoms with Gasteiger partial charge in [-0.2, -0.15) is 0 Å². The van der Waals surface area contributed by atoms with Crippen LogP contribution in [0.4, 0.5) is 0 Å². The van der Waals surface area contributed by atoms with E-state index in [4.69, 9.17) is 4.42 Å². The van der Waals surface area contributed by atoms with Crippen LogP contribution in [0.15, 0.2) is 46.9 Å². The Balaban J connectivity index is 1.69. The molecule has 0 radical (unpaired) electrons. The number of aromatic nitrogens is 1. The average molecular weight is 352 g/mol. The number of carboxylic acid groups (broad SMARTS) is 1. The van der Waals surface area contributed by atoms with Crippen molar-refractivity contribution in [2.45, 2.75) is 20.3 Å². The first-order valence-electron chi connectivity index (χ1n) is 8.36. The van der Waals surface area contributed by atoms with E-state index in [9.17, 15) is 14.7 Å². The average Bonchev–Trinajstić information content (AvgIpc) is 2.96. The van der Waals surface area contributed by atoms with Crippen LogP contribution in [0.5, 0.6) is 0 Å². The van der Waals surface area contributed by atoms with Crippen LogP contribution in [0.25, 0.3) is 10.8 Å². The number of carbonyl (C=O) groups excluding carboxylic acids is 1. The van der Waals surface area contributed by atoms with E-state index in [0.29, 0.717) is 18.0 Å². The SMILES string of the molecule is Cc1nc(C)c(C(=O)NCC(Cc2ccc3ccccc3c2)C(=O)O)o1. The smallest absolute Gasteiger partial charge is 0.308 e. The molecule has 0 aliphatic rings. The highest BCUT2D eigenvalue weighted by Crippen LogP contribution is 2.18. The molecule has 1 atom stereocenters. The van der Waals surface area contributed by atoms with E-state index in [1.54, 1.807) is 13.8 Å². The normalized spacial score (nSPS) is 12.1. The summed E-state index contributed by atoms with van der Waals surface area (Å²) in [5.41, 5.74) is 1.40. The first kappa shape index (κ1) is 17.7. The summed E-state index contributed by atoms with van der Waals surface area (Å²) in [5.74, 6) is -1.61. The highest BCUT2D eigenvalue weighted by Gasteiger charge is 2.22. The van der Waals surface area contributed by atoms with E-state index in [2.05, 4.69) is 10.3 Å². The Labute approximate surface area is 150 Å². The van der Waals surface area contributed by atoms with E-state index >= 15 is 0 Å². The Morgan fingerprint density at radius 3 is 2.54 bits per heavy atom. The second-order valence-electron chi connectivity index (χ2n) is 6.28. The van der Waals surface area contributed by atoms with Gasteiger partial charge in [0.25, 0.3) is 5.91 Å². The number of hydrogen-bond acceptors (Lipinski definition) is 4. The molecule has 1 unspecified atom stereocenters. The maximum absolute atomic E-state index is 12.2. The van der Waals surface area contributed by atoms with Crippen LogP contribution in [0, 0.1) is 19.8 Å². The summed E-state index contributed by atoms with van der Waals surface area (Å²) in [6.45, 7) is 3.35. The number of rotatable bonds is 6. The number of nitrogens with zero attached hydrogens (tertiary/aromatic N) is 1. The third-order valence-electron chi connectivity index (χ3n) is 4.26. The van der Waals surface area contributed by atoms with Crippen molar-refractivity contribution in [1.29, 1.82) is 0 Å². The fourth-order valence-corrected chi connectivity index (χ4v) is 2.94. The van der Waals surface area contributed by atoms with E-state index in [-0.39, 0.29) is 12.3 Å². The van der Waals surface area contributed by atoms with Crippen LogP contribution in [0.1, 0.15) is 27.7 Å². The van der Waals surface area contributed by atoms with Gasteiger partial charge < -0.3 is 14.8 Å². The summed E-state index contributed by atoms with van der Waals surface area (Å²) < 4.78 is 5.26. The summed E-state index contributed by atoms with van der Waals surface area (Å²) >= 11 is 0. The lowest BCUT2D eigenvalue weighted by molar-refractivity contribution is -0.141. The fourth-order valence-electron chi connectivity index (χ4n) is 2.94. The molecule has 2 aromatic carbocycles. The molecule has 2 N–H and O–H groups in total. The number of aliphatic carboxylic acids is 1. The summed E-state index contributed by atoms with van der Waals surface area (Å²) in [7, 11) is 0. The number of oxazole rings is 1. The van der Waals surface area contributed by atoms with E-state index in [1.807, 2.05) is 42.5 Å². The number of hydrogen-bond donors (Lipinski definition) is 2. The number of amides is 1. The summed E-state index contributed by atoms with van der Waals surface area (Å²) in [6, 6.07) is 13.8. The quantitative estimate of drug-likeness (QED) is 0.711. The third-order valence-corrected chi connectivity index (χ3v) is 4.26. The maximum Gasteiger partial charge on any atom is 0.308 e. The van der Waals surface area contributed by atoms with Crippen LogP contribution in [-0.4, -0.2) is 28.5 Å². The molecule has 134 valence electrons. The predicted octanol–water partition coefficient (Wildman–Crippen LogP) is 3.12. The van der Waals surface area contributed by atoms with Crippen molar-refractivity contribution in [2.75, 3.05) is 6.54 Å². The minimum absolute atomic E-state index is 0.0141. The van der Waals surface area contributed by atoms with E-state index < -0.39 is 17.8 Å². The molecule has 0 bridgehead atoms. The van der Waals surface area contributed by atoms with Gasteiger partial charge in [0.15, 0.2) is 5.89 Å². The molecule has 6 nitrogen and oxygen atoms in total. The number of carbonyl (C=O) groups is 2. The summed E-state index contributed by atoms with van der Waals surface area (Å²) in [6.07, 6.45) is 0.328. The molecular weight excluding hydrogens is 332 g/mol. The lowest BCUT2D eigenvalue weighted by atomic mass is 9.97. The molecule has 0 aliphatic heterocycles. The van der Waals surface area contributed by atoms with Crippen molar-refractivity contribution in [2.24, 2.45) is 5.92 Å². The zero-order chi connectivity index (χ0) is 18.7. The van der Waals surface area contributed by atoms with Crippen molar-refractivity contribution in [3.63, 3.8) is 0 Å². The molecular formula is C20H20N2O4. The molecule has 0 spiro atoms. The number of carboxylic acids is 1. The minimum atomic E-state index is -0.955.